The zero-order valence-electron chi connectivity index (χ0n) is 54.0. The van der Waals surface area contributed by atoms with Gasteiger partial charge in [0.2, 0.25) is 5.91 Å². The van der Waals surface area contributed by atoms with Crippen LogP contribution in [0.15, 0.2) is 121 Å². The number of ether oxygens (including phenoxy) is 2. The molecule has 0 spiro atoms. The van der Waals surface area contributed by atoms with Gasteiger partial charge in [0.25, 0.3) is 11.8 Å². The molecule has 0 heterocycles. The maximum atomic E-state index is 16.5. The van der Waals surface area contributed by atoms with Gasteiger partial charge >= 0.3 is 0 Å². The van der Waals surface area contributed by atoms with Crippen LogP contribution in [-0.2, 0) is 28.4 Å². The summed E-state index contributed by atoms with van der Waals surface area (Å²) in [4.78, 5) is 16.1. The maximum absolute atomic E-state index is 16.5. The number of hydrogen-bond donors (Lipinski definition) is 1. The van der Waals surface area contributed by atoms with Crippen molar-refractivity contribution in [1.29, 1.82) is 0 Å². The average molecular weight is 1270 g/mol. The fourth-order valence-corrected chi connectivity index (χ4v) is 23.5. The minimum absolute atomic E-state index is 0.122. The minimum atomic E-state index is -0.992. The predicted octanol–water partition coefficient (Wildman–Crippen LogP) is 24.6. The lowest BCUT2D eigenvalue weighted by atomic mass is 9.78. The molecule has 0 aromatic heterocycles. The van der Waals surface area contributed by atoms with Crippen LogP contribution in [0.2, 0.25) is 0 Å². The molecule has 0 aliphatic heterocycles. The molecule has 1 N–H and O–H groups in total. The molecular formula is C75H119NO3P2S4+2. The minimum Gasteiger partial charge on any atom is -0.494 e. The third-order valence-electron chi connectivity index (χ3n) is 17.2. The van der Waals surface area contributed by atoms with Crippen LogP contribution in [0.4, 0.5) is 0 Å². The molecule has 4 rings (SSSR count). The van der Waals surface area contributed by atoms with E-state index >= 15 is 4.79 Å². The Labute approximate surface area is 542 Å². The molecule has 4 aromatic rings. The van der Waals surface area contributed by atoms with Gasteiger partial charge in [-0.25, -0.2) is 0 Å². The van der Waals surface area contributed by atoms with Crippen molar-refractivity contribution in [2.45, 2.75) is 300 Å². The third kappa shape index (κ3) is 35.0. The van der Waals surface area contributed by atoms with E-state index in [1.54, 1.807) is 0 Å². The molecular weight excluding hydrogens is 1150 g/mol. The molecule has 5 atom stereocenters. The smallest absolute Gasteiger partial charge is 0.285 e. The SMILES string of the molecule is CCCCCCCCCCC(CCCCCCCCCCOc1ccccc1)(NC(=O)C(CCCCCCC)C(CCCCCCCCCC)(CCCCCCCCCCOc1ccccc1)S[P+](=S)c1ccccc1)S[P+](=S)c1ccccc1. The van der Waals surface area contributed by atoms with Gasteiger partial charge in [0.05, 0.1) is 23.9 Å². The van der Waals surface area contributed by atoms with E-state index in [1.807, 2.05) is 59.9 Å². The molecule has 5 unspecified atom stereocenters. The second kappa shape index (κ2) is 50.4. The standard InChI is InChI=1S/C75H118NO3P2S4/c1-4-7-10-13-15-21-28-47-62-74(84-80(82)70-57-42-36-43-58-70,63-48-29-22-17-19-25-32-51-66-78-68-53-38-34-39-54-68)72(61-46-27-12-9-6-3)73(77)76-75(64-49-30-23-16-14-11-8-5-2,85-81(83)71-59-44-37-45-60-71)65-50-31-24-18-20-26-33-52-67-79-69-55-40-35-41-56-69/h34-45,53-60,72H,4-33,46-52,61-67H2,1-3H3/q+1/p+1. The molecule has 85 heavy (non-hydrogen) atoms. The van der Waals surface area contributed by atoms with Crippen molar-refractivity contribution in [3.63, 3.8) is 0 Å². The van der Waals surface area contributed by atoms with E-state index in [4.69, 9.17) is 33.1 Å². The molecule has 0 aliphatic carbocycles. The highest BCUT2D eigenvalue weighted by Gasteiger charge is 2.50. The first-order valence-corrected chi connectivity index (χ1v) is 42.5. The van der Waals surface area contributed by atoms with Crippen LogP contribution in [0.3, 0.4) is 0 Å². The van der Waals surface area contributed by atoms with Crippen LogP contribution in [0, 0.1) is 5.92 Å². The zero-order valence-corrected chi connectivity index (χ0v) is 59.0. The molecule has 1 amide bonds. The number of para-hydroxylation sites is 2. The fourth-order valence-electron chi connectivity index (χ4n) is 12.1. The largest absolute Gasteiger partial charge is 0.494 e. The van der Waals surface area contributed by atoms with Gasteiger partial charge in [-0.3, -0.25) is 4.79 Å². The first kappa shape index (κ1) is 75.2. The number of amides is 1. The van der Waals surface area contributed by atoms with Gasteiger partial charge in [-0.05, 0) is 93.5 Å². The number of carbonyl (C=O) groups is 1. The van der Waals surface area contributed by atoms with E-state index < -0.39 is 16.7 Å². The van der Waals surface area contributed by atoms with Crippen molar-refractivity contribution in [3.05, 3.63) is 121 Å². The monoisotopic (exact) mass is 1270 g/mol. The third-order valence-corrected chi connectivity index (χ3v) is 27.9. The molecule has 0 radical (unpaired) electrons. The lowest BCUT2D eigenvalue weighted by molar-refractivity contribution is -0.127. The van der Waals surface area contributed by atoms with Crippen LogP contribution in [-0.4, -0.2) is 28.7 Å². The quantitative estimate of drug-likeness (QED) is 0.0268. The Morgan fingerprint density at radius 3 is 1.05 bits per heavy atom. The highest BCUT2D eigenvalue weighted by molar-refractivity contribution is 8.67. The summed E-state index contributed by atoms with van der Waals surface area (Å²) < 4.78 is 11.7. The number of nitrogens with one attached hydrogen (secondary N) is 1. The normalized spacial score (nSPS) is 13.6. The van der Waals surface area contributed by atoms with E-state index in [9.17, 15) is 0 Å². The number of unbranched alkanes of at least 4 members (excludes halogenated alkanes) is 32. The molecule has 4 nitrogen and oxygen atoms in total. The van der Waals surface area contributed by atoms with E-state index in [-0.39, 0.29) is 10.7 Å². The Balaban J connectivity index is 1.63. The first-order chi connectivity index (χ1) is 41.8. The van der Waals surface area contributed by atoms with Gasteiger partial charge in [0.15, 0.2) is 34.2 Å². The summed E-state index contributed by atoms with van der Waals surface area (Å²) in [6, 6.07) is 42.4. The summed E-state index contributed by atoms with van der Waals surface area (Å²) in [7, 11) is 0. The summed E-state index contributed by atoms with van der Waals surface area (Å²) in [5, 5.41) is 6.66. The van der Waals surface area contributed by atoms with Crippen molar-refractivity contribution in [1.82, 2.24) is 5.32 Å². The highest BCUT2D eigenvalue weighted by atomic mass is 32.9. The van der Waals surface area contributed by atoms with Crippen molar-refractivity contribution in [2.24, 2.45) is 5.92 Å². The predicted molar refractivity (Wildman–Crippen MR) is 388 cm³/mol. The fraction of sp³-hybridized carbons (Fsp3) is 0.667. The van der Waals surface area contributed by atoms with Gasteiger partial charge in [0, 0.05) is 0 Å². The van der Waals surface area contributed by atoms with Crippen molar-refractivity contribution in [2.75, 3.05) is 13.2 Å². The van der Waals surface area contributed by atoms with Gasteiger partial charge in [-0.1, -0.05) is 318 Å². The van der Waals surface area contributed by atoms with Crippen LogP contribution in [0.25, 0.3) is 0 Å². The number of benzene rings is 4. The van der Waals surface area contributed by atoms with Crippen molar-refractivity contribution in [3.8, 4) is 11.5 Å². The van der Waals surface area contributed by atoms with Gasteiger partial charge in [-0.2, -0.15) is 0 Å². The lowest BCUT2D eigenvalue weighted by Crippen LogP contribution is -2.52. The summed E-state index contributed by atoms with van der Waals surface area (Å²) in [5.41, 5.74) is 0. The first-order valence-electron chi connectivity index (χ1n) is 34.9. The molecule has 0 saturated heterocycles. The van der Waals surface area contributed by atoms with E-state index in [0.29, 0.717) is 5.91 Å². The van der Waals surface area contributed by atoms with E-state index in [2.05, 4.69) is 110 Å². The summed E-state index contributed by atoms with van der Waals surface area (Å²) in [6.07, 6.45) is 50.8. The number of hydrogen-bond acceptors (Lipinski definition) is 7. The second-order valence-electron chi connectivity index (χ2n) is 24.6. The number of carbonyl (C=O) groups excluding carboxylic acids is 1. The molecule has 0 bridgehead atoms. The molecule has 474 valence electrons. The topological polar surface area (TPSA) is 47.6 Å². The number of rotatable bonds is 57. The Morgan fingerprint density at radius 1 is 0.388 bits per heavy atom. The molecule has 0 fully saturated rings. The van der Waals surface area contributed by atoms with Crippen LogP contribution in [0.1, 0.15) is 290 Å². The van der Waals surface area contributed by atoms with E-state index in [0.717, 1.165) is 102 Å². The highest BCUT2D eigenvalue weighted by Crippen LogP contribution is 2.57. The summed E-state index contributed by atoms with van der Waals surface area (Å²) in [5.74, 6) is 0.156. The molecule has 10 heteroatoms. The Hall–Kier alpha value is -2.31. The molecule has 4 aromatic carbocycles. The lowest BCUT2D eigenvalue weighted by Gasteiger charge is -2.39. The van der Waals surface area contributed by atoms with Gasteiger partial charge in [-0.15, -0.1) is 0 Å². The Bertz CT molecular complexity index is 2230. The summed E-state index contributed by atoms with van der Waals surface area (Å²) >= 11 is 17.4. The van der Waals surface area contributed by atoms with Crippen molar-refractivity contribution >= 4 is 74.7 Å². The van der Waals surface area contributed by atoms with Crippen molar-refractivity contribution < 1.29 is 14.3 Å². The Morgan fingerprint density at radius 2 is 0.682 bits per heavy atom. The maximum Gasteiger partial charge on any atom is 0.285 e. The molecule has 0 saturated carbocycles. The zero-order chi connectivity index (χ0) is 60.4. The van der Waals surface area contributed by atoms with Crippen LogP contribution >= 0.6 is 34.6 Å². The van der Waals surface area contributed by atoms with Gasteiger partial charge < -0.3 is 14.8 Å². The Kier molecular flexibility index (Phi) is 44.6. The van der Waals surface area contributed by atoms with E-state index in [1.165, 1.54) is 203 Å². The van der Waals surface area contributed by atoms with Gasteiger partial charge in [0.1, 0.15) is 39.1 Å². The average Bonchev–Trinajstić information content (AvgIpc) is 3.54. The molecule has 0 aliphatic rings. The second-order valence-corrected chi connectivity index (χ2v) is 35.5. The summed E-state index contributed by atoms with van der Waals surface area (Å²) in [6.45, 7) is 8.52. The van der Waals surface area contributed by atoms with Crippen LogP contribution in [0.5, 0.6) is 11.5 Å². The van der Waals surface area contributed by atoms with Crippen LogP contribution < -0.4 is 25.4 Å².